The smallest absolute Gasteiger partial charge is 0.349 e. The van der Waals surface area contributed by atoms with E-state index in [2.05, 4.69) is 4.40 Å². The molecule has 0 aromatic heterocycles. The molecule has 1 aromatic rings. The molecule has 0 fully saturated rings. The fourth-order valence-corrected chi connectivity index (χ4v) is 3.41. The number of hydrogen-bond donors (Lipinski definition) is 1. The number of sulfonamides is 1. The third-order valence-electron chi connectivity index (χ3n) is 3.28. The fourth-order valence-electron chi connectivity index (χ4n) is 2.37. The SMILES string of the molecule is O=C(O)C1=C(CN2CCOc3ccccc32)C=NS1(=O)=O. The Kier molecular flexibility index (Phi) is 3.17. The van der Waals surface area contributed by atoms with Gasteiger partial charge in [0.15, 0.2) is 4.91 Å². The lowest BCUT2D eigenvalue weighted by Crippen LogP contribution is -2.34. The van der Waals surface area contributed by atoms with Gasteiger partial charge in [0.1, 0.15) is 12.4 Å². The average molecular weight is 308 g/mol. The number of para-hydroxylation sites is 2. The van der Waals surface area contributed by atoms with Crippen LogP contribution in [0.4, 0.5) is 5.69 Å². The van der Waals surface area contributed by atoms with Gasteiger partial charge in [-0.1, -0.05) is 12.1 Å². The molecular formula is C13H12N2O5S. The van der Waals surface area contributed by atoms with Crippen LogP contribution < -0.4 is 9.64 Å². The fraction of sp³-hybridized carbons (Fsp3) is 0.231. The molecule has 0 unspecified atom stereocenters. The molecule has 8 heteroatoms. The number of ether oxygens (including phenoxy) is 1. The number of carbonyl (C=O) groups is 1. The predicted octanol–water partition coefficient (Wildman–Crippen LogP) is 0.638. The molecule has 7 nitrogen and oxygen atoms in total. The molecule has 0 bridgehead atoms. The molecule has 0 atom stereocenters. The minimum Gasteiger partial charge on any atom is -0.490 e. The summed E-state index contributed by atoms with van der Waals surface area (Å²) in [4.78, 5) is 12.4. The summed E-state index contributed by atoms with van der Waals surface area (Å²) >= 11 is 0. The van der Waals surface area contributed by atoms with Gasteiger partial charge >= 0.3 is 5.97 Å². The van der Waals surface area contributed by atoms with Crippen molar-refractivity contribution in [1.82, 2.24) is 0 Å². The van der Waals surface area contributed by atoms with Crippen LogP contribution in [0.1, 0.15) is 0 Å². The van der Waals surface area contributed by atoms with Gasteiger partial charge in [-0.05, 0) is 12.1 Å². The molecule has 3 rings (SSSR count). The largest absolute Gasteiger partial charge is 0.490 e. The number of rotatable bonds is 3. The molecule has 110 valence electrons. The number of nitrogens with zero attached hydrogens (tertiary/aromatic N) is 2. The third-order valence-corrected chi connectivity index (χ3v) is 4.61. The molecule has 0 spiro atoms. The van der Waals surface area contributed by atoms with Gasteiger partial charge in [0.05, 0.1) is 12.2 Å². The van der Waals surface area contributed by atoms with Crippen molar-refractivity contribution in [3.8, 4) is 5.75 Å². The van der Waals surface area contributed by atoms with E-state index in [0.29, 0.717) is 18.9 Å². The third kappa shape index (κ3) is 2.38. The maximum atomic E-state index is 11.6. The van der Waals surface area contributed by atoms with Gasteiger partial charge in [-0.25, -0.2) is 4.79 Å². The van der Waals surface area contributed by atoms with E-state index in [1.54, 1.807) is 0 Å². The van der Waals surface area contributed by atoms with Gasteiger partial charge in [-0.15, -0.1) is 0 Å². The van der Waals surface area contributed by atoms with Crippen LogP contribution in [0.2, 0.25) is 0 Å². The first-order chi connectivity index (χ1) is 9.99. The van der Waals surface area contributed by atoms with E-state index in [1.807, 2.05) is 29.2 Å². The van der Waals surface area contributed by atoms with Crippen molar-refractivity contribution in [3.63, 3.8) is 0 Å². The van der Waals surface area contributed by atoms with Gasteiger partial charge in [0.2, 0.25) is 0 Å². The number of aliphatic carboxylic acids is 1. The van der Waals surface area contributed by atoms with Crippen molar-refractivity contribution in [2.45, 2.75) is 0 Å². The number of hydrogen-bond acceptors (Lipinski definition) is 5. The highest BCUT2D eigenvalue weighted by Gasteiger charge is 2.33. The van der Waals surface area contributed by atoms with Crippen LogP contribution >= 0.6 is 0 Å². The minimum absolute atomic E-state index is 0.157. The van der Waals surface area contributed by atoms with Crippen molar-refractivity contribution < 1.29 is 23.1 Å². The van der Waals surface area contributed by atoms with Crippen molar-refractivity contribution in [2.75, 3.05) is 24.6 Å². The zero-order valence-corrected chi connectivity index (χ0v) is 11.7. The van der Waals surface area contributed by atoms with E-state index in [0.717, 1.165) is 11.9 Å². The van der Waals surface area contributed by atoms with Crippen LogP contribution in [-0.2, 0) is 14.8 Å². The predicted molar refractivity (Wildman–Crippen MR) is 76.2 cm³/mol. The monoisotopic (exact) mass is 308 g/mol. The van der Waals surface area contributed by atoms with Crippen molar-refractivity contribution in [1.29, 1.82) is 0 Å². The molecule has 2 heterocycles. The number of carboxylic acid groups (broad SMARTS) is 1. The molecule has 0 saturated carbocycles. The Morgan fingerprint density at radius 3 is 2.90 bits per heavy atom. The van der Waals surface area contributed by atoms with Crippen molar-refractivity contribution in [2.24, 2.45) is 4.40 Å². The maximum absolute atomic E-state index is 11.6. The van der Waals surface area contributed by atoms with Crippen LogP contribution in [0.15, 0.2) is 39.1 Å². The molecule has 1 aromatic carbocycles. The summed E-state index contributed by atoms with van der Waals surface area (Å²) in [6.07, 6.45) is 1.11. The first-order valence-corrected chi connectivity index (χ1v) is 7.66. The first-order valence-electron chi connectivity index (χ1n) is 6.22. The van der Waals surface area contributed by atoms with E-state index in [-0.39, 0.29) is 12.1 Å². The van der Waals surface area contributed by atoms with Gasteiger partial charge in [0.25, 0.3) is 10.0 Å². The second-order valence-corrected chi connectivity index (χ2v) is 6.18. The normalized spacial score (nSPS) is 19.3. The molecule has 2 aliphatic heterocycles. The summed E-state index contributed by atoms with van der Waals surface area (Å²) in [6, 6.07) is 7.34. The van der Waals surface area contributed by atoms with E-state index in [1.165, 1.54) is 0 Å². The quantitative estimate of drug-likeness (QED) is 0.880. The Morgan fingerprint density at radius 1 is 1.38 bits per heavy atom. The molecule has 0 radical (unpaired) electrons. The maximum Gasteiger partial charge on any atom is 0.349 e. The lowest BCUT2D eigenvalue weighted by Gasteiger charge is -2.31. The molecule has 2 aliphatic rings. The number of benzene rings is 1. The van der Waals surface area contributed by atoms with E-state index in [4.69, 9.17) is 9.84 Å². The highest BCUT2D eigenvalue weighted by Crippen LogP contribution is 2.32. The lowest BCUT2D eigenvalue weighted by molar-refractivity contribution is -0.131. The first kappa shape index (κ1) is 13.6. The topological polar surface area (TPSA) is 96.3 Å². The van der Waals surface area contributed by atoms with Gasteiger partial charge in [-0.2, -0.15) is 12.8 Å². The van der Waals surface area contributed by atoms with Crippen molar-refractivity contribution in [3.05, 3.63) is 34.7 Å². The summed E-state index contributed by atoms with van der Waals surface area (Å²) < 4.78 is 32.1. The number of carboxylic acids is 1. The average Bonchev–Trinajstić information content (AvgIpc) is 2.74. The summed E-state index contributed by atoms with van der Waals surface area (Å²) in [6.45, 7) is 1.16. The van der Waals surface area contributed by atoms with Gasteiger partial charge in [-0.3, -0.25) is 0 Å². The molecule has 21 heavy (non-hydrogen) atoms. The Balaban J connectivity index is 1.97. The van der Waals surface area contributed by atoms with Crippen LogP contribution in [0, 0.1) is 0 Å². The summed E-state index contributed by atoms with van der Waals surface area (Å²) in [5, 5.41) is 9.08. The molecule has 0 saturated heterocycles. The van der Waals surface area contributed by atoms with Crippen LogP contribution in [-0.4, -0.2) is 45.4 Å². The number of fused-ring (bicyclic) bond motifs is 1. The summed E-state index contributed by atoms with van der Waals surface area (Å²) in [5.41, 5.74) is 0.984. The molecular weight excluding hydrogens is 296 g/mol. The van der Waals surface area contributed by atoms with Gasteiger partial charge < -0.3 is 14.7 Å². The Bertz CT molecular complexity index is 767. The van der Waals surface area contributed by atoms with E-state index in [9.17, 15) is 13.2 Å². The Hall–Kier alpha value is -2.35. The van der Waals surface area contributed by atoms with Crippen LogP contribution in [0.3, 0.4) is 0 Å². The van der Waals surface area contributed by atoms with Crippen molar-refractivity contribution >= 4 is 27.9 Å². The summed E-state index contributed by atoms with van der Waals surface area (Å²) in [7, 11) is -4.07. The zero-order valence-electron chi connectivity index (χ0n) is 10.9. The highest BCUT2D eigenvalue weighted by atomic mass is 32.2. The molecule has 0 amide bonds. The van der Waals surface area contributed by atoms with Crippen LogP contribution in [0.25, 0.3) is 0 Å². The molecule has 1 N–H and O–H groups in total. The highest BCUT2D eigenvalue weighted by molar-refractivity contribution is 7.95. The second kappa shape index (κ2) is 4.88. The molecule has 0 aliphatic carbocycles. The standard InChI is InChI=1S/C13H12N2O5S/c16-13(17)12-9(7-14-21(12,18)19)8-15-5-6-20-11-4-2-1-3-10(11)15/h1-4,7H,5-6,8H2,(H,16,17). The van der Waals surface area contributed by atoms with Crippen LogP contribution in [0.5, 0.6) is 5.75 Å². The lowest BCUT2D eigenvalue weighted by atomic mass is 10.2. The Labute approximate surface area is 121 Å². The number of anilines is 1. The Morgan fingerprint density at radius 2 is 2.14 bits per heavy atom. The summed E-state index contributed by atoms with van der Waals surface area (Å²) in [5.74, 6) is -0.789. The van der Waals surface area contributed by atoms with Gasteiger partial charge in [0, 0.05) is 18.3 Å². The minimum atomic E-state index is -4.07. The zero-order chi connectivity index (χ0) is 15.0. The van der Waals surface area contributed by atoms with E-state index >= 15 is 0 Å². The van der Waals surface area contributed by atoms with E-state index < -0.39 is 20.9 Å². The second-order valence-electron chi connectivity index (χ2n) is 4.61.